The molecule has 1 unspecified atom stereocenters. The maximum Gasteiger partial charge on any atom is 0.307 e. The third kappa shape index (κ3) is 7.73. The molecule has 0 aromatic rings. The molecule has 0 saturated carbocycles. The van der Waals surface area contributed by atoms with E-state index >= 15 is 0 Å². The van der Waals surface area contributed by atoms with Gasteiger partial charge in [-0.1, -0.05) is 26.2 Å². The van der Waals surface area contributed by atoms with Crippen LogP contribution in [-0.4, -0.2) is 24.9 Å². The number of esters is 1. The molecule has 4 nitrogen and oxygen atoms in total. The van der Waals surface area contributed by atoms with Gasteiger partial charge in [-0.15, -0.1) is 0 Å². The summed E-state index contributed by atoms with van der Waals surface area (Å²) < 4.78 is 4.88. The Bertz CT molecular complexity index is 171. The summed E-state index contributed by atoms with van der Waals surface area (Å²) in [5, 5.41) is 0. The SMILES string of the molecule is CCCCCCOC(=O)CC(N)C=O. The molecule has 0 rings (SSSR count). The number of aldehydes is 1. The smallest absolute Gasteiger partial charge is 0.307 e. The Morgan fingerprint density at radius 2 is 2.14 bits per heavy atom. The van der Waals surface area contributed by atoms with Gasteiger partial charge in [0.2, 0.25) is 0 Å². The van der Waals surface area contributed by atoms with Crippen molar-refractivity contribution in [2.75, 3.05) is 6.61 Å². The molecule has 0 amide bonds. The van der Waals surface area contributed by atoms with E-state index in [9.17, 15) is 9.59 Å². The van der Waals surface area contributed by atoms with Crippen LogP contribution in [-0.2, 0) is 14.3 Å². The summed E-state index contributed by atoms with van der Waals surface area (Å²) in [6, 6.07) is -0.724. The molecule has 0 heterocycles. The molecule has 4 heteroatoms. The molecule has 82 valence electrons. The molecule has 0 aliphatic rings. The molecule has 0 aliphatic carbocycles. The van der Waals surface area contributed by atoms with Crippen LogP contribution in [0.2, 0.25) is 0 Å². The predicted octanol–water partition coefficient (Wildman–Crippen LogP) is 1.03. The van der Waals surface area contributed by atoms with Crippen molar-refractivity contribution in [1.82, 2.24) is 0 Å². The zero-order valence-corrected chi connectivity index (χ0v) is 8.70. The van der Waals surface area contributed by atoms with Crippen LogP contribution in [0, 0.1) is 0 Å². The molecule has 14 heavy (non-hydrogen) atoms. The fraction of sp³-hybridized carbons (Fsp3) is 0.800. The lowest BCUT2D eigenvalue weighted by molar-refractivity contribution is -0.144. The van der Waals surface area contributed by atoms with Crippen LogP contribution in [0.5, 0.6) is 0 Å². The number of carbonyl (C=O) groups is 2. The molecule has 0 bridgehead atoms. The minimum Gasteiger partial charge on any atom is -0.466 e. The van der Waals surface area contributed by atoms with Crippen molar-refractivity contribution in [3.05, 3.63) is 0 Å². The van der Waals surface area contributed by atoms with Crippen LogP contribution in [0.4, 0.5) is 0 Å². The average molecular weight is 201 g/mol. The van der Waals surface area contributed by atoms with Crippen molar-refractivity contribution < 1.29 is 14.3 Å². The molecule has 0 fully saturated rings. The van der Waals surface area contributed by atoms with E-state index in [4.69, 9.17) is 10.5 Å². The van der Waals surface area contributed by atoms with E-state index in [1.54, 1.807) is 0 Å². The van der Waals surface area contributed by atoms with E-state index in [0.29, 0.717) is 12.9 Å². The lowest BCUT2D eigenvalue weighted by Gasteiger charge is -2.05. The second kappa shape index (κ2) is 8.69. The van der Waals surface area contributed by atoms with Crippen molar-refractivity contribution in [1.29, 1.82) is 0 Å². The summed E-state index contributed by atoms with van der Waals surface area (Å²) in [6.07, 6.45) is 4.81. The first-order valence-electron chi connectivity index (χ1n) is 5.07. The number of unbranched alkanes of at least 4 members (excludes halogenated alkanes) is 3. The van der Waals surface area contributed by atoms with E-state index in [1.165, 1.54) is 0 Å². The number of rotatable bonds is 8. The van der Waals surface area contributed by atoms with Crippen LogP contribution >= 0.6 is 0 Å². The molecule has 0 spiro atoms. The highest BCUT2D eigenvalue weighted by Gasteiger charge is 2.08. The van der Waals surface area contributed by atoms with Gasteiger partial charge in [-0.2, -0.15) is 0 Å². The molecule has 1 atom stereocenters. The van der Waals surface area contributed by atoms with E-state index in [-0.39, 0.29) is 12.4 Å². The Hall–Kier alpha value is -0.900. The van der Waals surface area contributed by atoms with Gasteiger partial charge in [0.1, 0.15) is 6.29 Å². The zero-order valence-electron chi connectivity index (χ0n) is 8.70. The van der Waals surface area contributed by atoms with Gasteiger partial charge < -0.3 is 15.3 Å². The van der Waals surface area contributed by atoms with E-state index in [1.807, 2.05) is 0 Å². The van der Waals surface area contributed by atoms with Gasteiger partial charge in [-0.05, 0) is 6.42 Å². The fourth-order valence-electron chi connectivity index (χ4n) is 1.01. The monoisotopic (exact) mass is 201 g/mol. The third-order valence-electron chi connectivity index (χ3n) is 1.84. The minimum absolute atomic E-state index is 0.0166. The van der Waals surface area contributed by atoms with Crippen LogP contribution in [0.25, 0.3) is 0 Å². The highest BCUT2D eigenvalue weighted by Crippen LogP contribution is 1.99. The Morgan fingerprint density at radius 1 is 1.43 bits per heavy atom. The van der Waals surface area contributed by atoms with Crippen molar-refractivity contribution >= 4 is 12.3 Å². The van der Waals surface area contributed by atoms with Gasteiger partial charge in [-0.3, -0.25) is 4.79 Å². The quantitative estimate of drug-likeness (QED) is 0.362. The predicted molar refractivity (Wildman–Crippen MR) is 53.8 cm³/mol. The Balaban J connectivity index is 3.31. The van der Waals surface area contributed by atoms with Crippen LogP contribution in [0.3, 0.4) is 0 Å². The number of hydrogen-bond acceptors (Lipinski definition) is 4. The van der Waals surface area contributed by atoms with Crippen molar-refractivity contribution in [3.8, 4) is 0 Å². The lowest BCUT2D eigenvalue weighted by atomic mass is 10.2. The first-order chi connectivity index (χ1) is 6.70. The van der Waals surface area contributed by atoms with Gasteiger partial charge in [0, 0.05) is 0 Å². The van der Waals surface area contributed by atoms with Gasteiger partial charge in [0.25, 0.3) is 0 Å². The van der Waals surface area contributed by atoms with Gasteiger partial charge >= 0.3 is 5.97 Å². The van der Waals surface area contributed by atoms with Gasteiger partial charge in [-0.25, -0.2) is 0 Å². The summed E-state index contributed by atoms with van der Waals surface area (Å²) in [6.45, 7) is 2.56. The Kier molecular flexibility index (Phi) is 8.13. The standard InChI is InChI=1S/C10H19NO3/c1-2-3-4-5-6-14-10(13)7-9(11)8-12/h8-9H,2-7,11H2,1H3. The zero-order chi connectivity index (χ0) is 10.8. The molecule has 2 N–H and O–H groups in total. The summed E-state index contributed by atoms with van der Waals surface area (Å²) >= 11 is 0. The third-order valence-corrected chi connectivity index (χ3v) is 1.84. The van der Waals surface area contributed by atoms with E-state index in [0.717, 1.165) is 25.7 Å². The second-order valence-electron chi connectivity index (χ2n) is 3.29. The highest BCUT2D eigenvalue weighted by molar-refractivity contribution is 5.75. The molecular formula is C10H19NO3. The molecule has 0 aromatic heterocycles. The first-order valence-corrected chi connectivity index (χ1v) is 5.07. The minimum atomic E-state index is -0.724. The fourth-order valence-corrected chi connectivity index (χ4v) is 1.01. The maximum atomic E-state index is 11.0. The number of hydrogen-bond donors (Lipinski definition) is 1. The van der Waals surface area contributed by atoms with Crippen molar-refractivity contribution in [3.63, 3.8) is 0 Å². The summed E-state index contributed by atoms with van der Waals surface area (Å²) in [4.78, 5) is 21.1. The highest BCUT2D eigenvalue weighted by atomic mass is 16.5. The number of carbonyl (C=O) groups excluding carboxylic acids is 2. The number of ether oxygens (including phenoxy) is 1. The first kappa shape index (κ1) is 13.1. The van der Waals surface area contributed by atoms with Crippen LogP contribution in [0.15, 0.2) is 0 Å². The Morgan fingerprint density at radius 3 is 2.71 bits per heavy atom. The molecule has 0 aromatic carbocycles. The van der Waals surface area contributed by atoms with E-state index < -0.39 is 6.04 Å². The van der Waals surface area contributed by atoms with E-state index in [2.05, 4.69) is 6.92 Å². The van der Waals surface area contributed by atoms with Gasteiger partial charge in [0.15, 0.2) is 0 Å². The summed E-state index contributed by atoms with van der Waals surface area (Å²) in [7, 11) is 0. The maximum absolute atomic E-state index is 11.0. The normalized spacial score (nSPS) is 12.1. The molecule has 0 saturated heterocycles. The summed E-state index contributed by atoms with van der Waals surface area (Å²) in [5.74, 6) is -0.388. The molecule has 0 aliphatic heterocycles. The van der Waals surface area contributed by atoms with Crippen LogP contribution < -0.4 is 5.73 Å². The van der Waals surface area contributed by atoms with Crippen LogP contribution in [0.1, 0.15) is 39.0 Å². The number of nitrogens with two attached hydrogens (primary N) is 1. The van der Waals surface area contributed by atoms with Gasteiger partial charge in [0.05, 0.1) is 19.1 Å². The molecule has 0 radical (unpaired) electrons. The Labute approximate surface area is 84.8 Å². The van der Waals surface area contributed by atoms with Crippen molar-refractivity contribution in [2.24, 2.45) is 5.73 Å². The lowest BCUT2D eigenvalue weighted by Crippen LogP contribution is -2.26. The molecular weight excluding hydrogens is 182 g/mol. The van der Waals surface area contributed by atoms with Crippen molar-refractivity contribution in [2.45, 2.75) is 45.1 Å². The topological polar surface area (TPSA) is 69.4 Å². The average Bonchev–Trinajstić information content (AvgIpc) is 2.17. The second-order valence-corrected chi connectivity index (χ2v) is 3.29. The largest absolute Gasteiger partial charge is 0.466 e. The summed E-state index contributed by atoms with van der Waals surface area (Å²) in [5.41, 5.74) is 5.26.